The lowest BCUT2D eigenvalue weighted by molar-refractivity contribution is 0.00502. The molecule has 15 heteroatoms. The summed E-state index contributed by atoms with van der Waals surface area (Å²) >= 11 is 0. The first-order valence-corrected chi connectivity index (χ1v) is 16.5. The first-order valence-electron chi connectivity index (χ1n) is 16.5. The highest BCUT2D eigenvalue weighted by Gasteiger charge is 2.29. The third-order valence-electron chi connectivity index (χ3n) is 8.75. The summed E-state index contributed by atoms with van der Waals surface area (Å²) in [6.45, 7) is 9.17. The molecule has 1 saturated carbocycles. The van der Waals surface area contributed by atoms with Crippen LogP contribution >= 0.6 is 0 Å². The summed E-state index contributed by atoms with van der Waals surface area (Å²) in [6.07, 6.45) is 11.1. The summed E-state index contributed by atoms with van der Waals surface area (Å²) < 4.78 is 26.8. The summed E-state index contributed by atoms with van der Waals surface area (Å²) in [5.74, 6) is 1.61. The van der Waals surface area contributed by atoms with Crippen LogP contribution in [-0.4, -0.2) is 104 Å². The van der Waals surface area contributed by atoms with Crippen molar-refractivity contribution in [1.29, 1.82) is 5.26 Å². The second kappa shape index (κ2) is 16.0. The molecule has 48 heavy (non-hydrogen) atoms. The maximum absolute atomic E-state index is 9.66. The van der Waals surface area contributed by atoms with Gasteiger partial charge in [-0.05, 0) is 60.7 Å². The minimum atomic E-state index is -0.270. The van der Waals surface area contributed by atoms with Gasteiger partial charge in [0.25, 0.3) is 5.88 Å². The Hall–Kier alpha value is -4.65. The van der Waals surface area contributed by atoms with Crippen molar-refractivity contribution in [1.82, 2.24) is 44.9 Å². The van der Waals surface area contributed by atoms with E-state index in [2.05, 4.69) is 48.7 Å². The van der Waals surface area contributed by atoms with Crippen molar-refractivity contribution in [3.63, 3.8) is 0 Å². The standard InChI is InChI=1S/C33H43N11O4/c1-23(20-45-3)21-47-32-30(19-44(39-32)29-8-6-28(7-9-29)42-10-12-46-13-11-42)38-33-35-16-27(17-36-33)25-4-5-26(15-34)31(14-25)48-24(2)18-43-22-37-40-41-43/h4-5,14,16-17,19,22-24,28-29H,6-13,18,20-21H2,1-3H3,(H,35,36,38)/t23-,24-,28?,29?/m0/s1. The number of nitrogens with one attached hydrogen (secondary N) is 1. The van der Waals surface area contributed by atoms with Gasteiger partial charge in [0.1, 0.15) is 29.9 Å². The van der Waals surface area contributed by atoms with Gasteiger partial charge in [-0.15, -0.1) is 10.2 Å². The van der Waals surface area contributed by atoms with E-state index in [1.54, 1.807) is 30.3 Å². The molecule has 1 aliphatic heterocycles. The normalized spacial score (nSPS) is 19.7. The molecular formula is C33H43N11O4. The molecule has 0 amide bonds. The van der Waals surface area contributed by atoms with E-state index in [1.165, 1.54) is 6.33 Å². The van der Waals surface area contributed by atoms with Crippen molar-refractivity contribution in [2.24, 2.45) is 5.92 Å². The number of hydrogen-bond acceptors (Lipinski definition) is 13. The van der Waals surface area contributed by atoms with Gasteiger partial charge in [0.15, 0.2) is 0 Å². The van der Waals surface area contributed by atoms with E-state index in [0.29, 0.717) is 60.7 Å². The quantitative estimate of drug-likeness (QED) is 0.208. The van der Waals surface area contributed by atoms with E-state index in [0.717, 1.165) is 63.1 Å². The van der Waals surface area contributed by atoms with E-state index >= 15 is 0 Å². The number of morpholine rings is 1. The lowest BCUT2D eigenvalue weighted by Gasteiger charge is -2.38. The molecular weight excluding hydrogens is 614 g/mol. The number of anilines is 2. The molecule has 2 aliphatic rings. The number of nitrogens with zero attached hydrogens (tertiary/aromatic N) is 10. The Labute approximate surface area is 280 Å². The second-order valence-corrected chi connectivity index (χ2v) is 12.5. The molecule has 6 rings (SSSR count). The van der Waals surface area contributed by atoms with Crippen LogP contribution in [0.1, 0.15) is 51.1 Å². The van der Waals surface area contributed by atoms with Crippen LogP contribution in [0.25, 0.3) is 11.1 Å². The summed E-state index contributed by atoms with van der Waals surface area (Å²) in [5, 5.41) is 29.1. The van der Waals surface area contributed by atoms with E-state index in [-0.39, 0.29) is 12.0 Å². The Kier molecular flexibility index (Phi) is 11.1. The Morgan fingerprint density at radius 2 is 1.81 bits per heavy atom. The van der Waals surface area contributed by atoms with E-state index in [4.69, 9.17) is 24.0 Å². The zero-order valence-electron chi connectivity index (χ0n) is 27.7. The molecule has 4 heterocycles. The molecule has 15 nitrogen and oxygen atoms in total. The highest BCUT2D eigenvalue weighted by atomic mass is 16.5. The van der Waals surface area contributed by atoms with Crippen LogP contribution in [-0.2, 0) is 16.0 Å². The van der Waals surface area contributed by atoms with Gasteiger partial charge in [0.05, 0.1) is 50.8 Å². The number of methoxy groups -OCH3 is 1. The largest absolute Gasteiger partial charge is 0.487 e. The fourth-order valence-corrected chi connectivity index (χ4v) is 6.27. The highest BCUT2D eigenvalue weighted by Crippen LogP contribution is 2.35. The number of ether oxygens (including phenoxy) is 4. The number of aromatic nitrogens is 8. The number of tetrazole rings is 1. The fraction of sp³-hybridized carbons (Fsp3) is 0.545. The topological polar surface area (TPSA) is 163 Å². The van der Waals surface area contributed by atoms with Crippen molar-refractivity contribution in [2.75, 3.05) is 51.9 Å². The Bertz CT molecular complexity index is 1630. The van der Waals surface area contributed by atoms with E-state index in [9.17, 15) is 5.26 Å². The predicted molar refractivity (Wildman–Crippen MR) is 176 cm³/mol. The summed E-state index contributed by atoms with van der Waals surface area (Å²) in [5.41, 5.74) is 2.75. The average Bonchev–Trinajstić information content (AvgIpc) is 3.78. The first kappa shape index (κ1) is 33.3. The lowest BCUT2D eigenvalue weighted by Crippen LogP contribution is -2.45. The van der Waals surface area contributed by atoms with Gasteiger partial charge in [-0.3, -0.25) is 9.58 Å². The number of hydrogen-bond donors (Lipinski definition) is 1. The van der Waals surface area contributed by atoms with Crippen molar-refractivity contribution in [3.8, 4) is 28.8 Å². The predicted octanol–water partition coefficient (Wildman–Crippen LogP) is 3.89. The maximum Gasteiger partial charge on any atom is 0.256 e. The Morgan fingerprint density at radius 1 is 1.04 bits per heavy atom. The molecule has 0 unspecified atom stereocenters. The van der Waals surface area contributed by atoms with Crippen molar-refractivity contribution in [3.05, 3.63) is 48.7 Å². The van der Waals surface area contributed by atoms with Gasteiger partial charge in [0, 0.05) is 50.1 Å². The van der Waals surface area contributed by atoms with Gasteiger partial charge < -0.3 is 24.3 Å². The highest BCUT2D eigenvalue weighted by molar-refractivity contribution is 5.67. The molecule has 4 aromatic rings. The van der Waals surface area contributed by atoms with Crippen LogP contribution in [0.2, 0.25) is 0 Å². The van der Waals surface area contributed by atoms with Crippen molar-refractivity contribution >= 4 is 11.6 Å². The van der Waals surface area contributed by atoms with Gasteiger partial charge in [0.2, 0.25) is 5.95 Å². The summed E-state index contributed by atoms with van der Waals surface area (Å²) in [7, 11) is 1.69. The van der Waals surface area contributed by atoms with Gasteiger partial charge in [-0.1, -0.05) is 13.0 Å². The molecule has 3 aromatic heterocycles. The summed E-state index contributed by atoms with van der Waals surface area (Å²) in [4.78, 5) is 11.8. The van der Waals surface area contributed by atoms with Gasteiger partial charge in [-0.2, -0.15) is 5.26 Å². The van der Waals surface area contributed by atoms with Crippen LogP contribution in [0.3, 0.4) is 0 Å². The number of rotatable bonds is 14. The van der Waals surface area contributed by atoms with Crippen LogP contribution in [0.4, 0.5) is 11.6 Å². The average molecular weight is 658 g/mol. The van der Waals surface area contributed by atoms with E-state index < -0.39 is 0 Å². The zero-order valence-corrected chi connectivity index (χ0v) is 27.7. The van der Waals surface area contributed by atoms with Crippen LogP contribution in [0, 0.1) is 17.2 Å². The molecule has 0 radical (unpaired) electrons. The third-order valence-corrected chi connectivity index (χ3v) is 8.75. The van der Waals surface area contributed by atoms with Gasteiger partial charge >= 0.3 is 0 Å². The molecule has 2 atom stereocenters. The van der Waals surface area contributed by atoms with Crippen LogP contribution in [0.5, 0.6) is 11.6 Å². The van der Waals surface area contributed by atoms with Gasteiger partial charge in [-0.25, -0.2) is 14.6 Å². The smallest absolute Gasteiger partial charge is 0.256 e. The number of nitriles is 1. The zero-order chi connectivity index (χ0) is 33.3. The third kappa shape index (κ3) is 8.43. The maximum atomic E-state index is 9.66. The molecule has 0 spiro atoms. The molecule has 254 valence electrons. The minimum absolute atomic E-state index is 0.205. The Morgan fingerprint density at radius 3 is 2.52 bits per heavy atom. The Balaban J connectivity index is 1.14. The molecule has 2 fully saturated rings. The summed E-state index contributed by atoms with van der Waals surface area (Å²) in [6, 6.07) is 8.52. The second-order valence-electron chi connectivity index (χ2n) is 12.5. The molecule has 1 N–H and O–H groups in total. The number of benzene rings is 1. The molecule has 0 bridgehead atoms. The lowest BCUT2D eigenvalue weighted by atomic mass is 9.90. The van der Waals surface area contributed by atoms with E-state index in [1.807, 2.05) is 29.9 Å². The van der Waals surface area contributed by atoms with Crippen LogP contribution in [0.15, 0.2) is 43.1 Å². The fourth-order valence-electron chi connectivity index (χ4n) is 6.27. The molecule has 1 saturated heterocycles. The molecule has 1 aromatic carbocycles. The SMILES string of the molecule is COC[C@H](C)COc1nn(C2CCC(N3CCOCC3)CC2)cc1Nc1ncc(-c2ccc(C#N)c(O[C@@H](C)Cn3cnnn3)c2)cn1. The molecule has 1 aliphatic carbocycles. The minimum Gasteiger partial charge on any atom is -0.487 e. The van der Waals surface area contributed by atoms with Crippen molar-refractivity contribution in [2.45, 2.75) is 64.3 Å². The van der Waals surface area contributed by atoms with Crippen molar-refractivity contribution < 1.29 is 18.9 Å². The monoisotopic (exact) mass is 657 g/mol. The first-order chi connectivity index (χ1) is 23.5. The van der Waals surface area contributed by atoms with Crippen LogP contribution < -0.4 is 14.8 Å².